The maximum atomic E-state index is 12.4. The first-order valence-electron chi connectivity index (χ1n) is 7.33. The molecule has 2 nitrogen and oxygen atoms in total. The molecule has 0 aromatic rings. The van der Waals surface area contributed by atoms with Gasteiger partial charge in [-0.15, -0.1) is 23.5 Å². The normalized spacial score (nSPS) is 25.8. The minimum Gasteiger partial charge on any atom is -0.343 e. The van der Waals surface area contributed by atoms with Crippen LogP contribution in [0.1, 0.15) is 39.5 Å². The van der Waals surface area contributed by atoms with Crippen LogP contribution in [0.2, 0.25) is 0 Å². The summed E-state index contributed by atoms with van der Waals surface area (Å²) in [5.74, 6) is 3.31. The van der Waals surface area contributed by atoms with Gasteiger partial charge in [-0.25, -0.2) is 0 Å². The number of allylic oxidation sites excluding steroid dienone is 1. The third-order valence-corrected chi connectivity index (χ3v) is 7.80. The molecule has 1 amide bonds. The van der Waals surface area contributed by atoms with Gasteiger partial charge in [0.2, 0.25) is 5.91 Å². The van der Waals surface area contributed by atoms with Crippen LogP contribution in [-0.4, -0.2) is 39.5 Å². The first kappa shape index (κ1) is 15.3. The summed E-state index contributed by atoms with van der Waals surface area (Å²) in [6.45, 7) is 9.98. The fourth-order valence-electron chi connectivity index (χ4n) is 3.14. The van der Waals surface area contributed by atoms with Gasteiger partial charge in [0.05, 0.1) is 4.08 Å². The van der Waals surface area contributed by atoms with Gasteiger partial charge < -0.3 is 4.90 Å². The van der Waals surface area contributed by atoms with Crippen LogP contribution in [0.4, 0.5) is 0 Å². The molecular weight excluding hydrogens is 274 g/mol. The highest BCUT2D eigenvalue weighted by Crippen LogP contribution is 2.58. The highest BCUT2D eigenvalue weighted by Gasteiger charge is 2.47. The van der Waals surface area contributed by atoms with Gasteiger partial charge in [-0.05, 0) is 50.5 Å². The van der Waals surface area contributed by atoms with Gasteiger partial charge in [-0.2, -0.15) is 0 Å². The molecule has 1 saturated heterocycles. The van der Waals surface area contributed by atoms with Crippen molar-refractivity contribution < 1.29 is 4.79 Å². The van der Waals surface area contributed by atoms with E-state index >= 15 is 0 Å². The monoisotopic (exact) mass is 299 g/mol. The average molecular weight is 300 g/mol. The Morgan fingerprint density at radius 1 is 1.37 bits per heavy atom. The number of thioether (sulfide) groups is 2. The third-order valence-electron chi connectivity index (χ3n) is 4.17. The van der Waals surface area contributed by atoms with Crippen LogP contribution >= 0.6 is 23.5 Å². The van der Waals surface area contributed by atoms with Crippen molar-refractivity contribution in [2.45, 2.75) is 43.6 Å². The average Bonchev–Trinajstić information content (AvgIpc) is 2.67. The molecule has 1 spiro atoms. The summed E-state index contributed by atoms with van der Waals surface area (Å²) in [4.78, 5) is 14.3. The lowest BCUT2D eigenvalue weighted by molar-refractivity contribution is -0.131. The molecule has 4 heteroatoms. The molecule has 1 unspecified atom stereocenters. The van der Waals surface area contributed by atoms with Crippen LogP contribution < -0.4 is 0 Å². The number of nitrogens with zero attached hydrogens (tertiary/aromatic N) is 1. The Kier molecular flexibility index (Phi) is 5.29. The van der Waals surface area contributed by atoms with E-state index in [9.17, 15) is 4.79 Å². The molecule has 0 radical (unpaired) electrons. The molecule has 1 heterocycles. The second-order valence-electron chi connectivity index (χ2n) is 5.46. The molecule has 0 bridgehead atoms. The Bertz CT molecular complexity index is 346. The van der Waals surface area contributed by atoms with Gasteiger partial charge >= 0.3 is 0 Å². The Hall–Kier alpha value is -0.0900. The molecule has 1 aliphatic carbocycles. The summed E-state index contributed by atoms with van der Waals surface area (Å²) in [5, 5.41) is 0. The molecular formula is C15H25NOS2. The molecule has 19 heavy (non-hydrogen) atoms. The minimum atomic E-state index is 0.262. The molecule has 2 aliphatic rings. The van der Waals surface area contributed by atoms with Crippen LogP contribution in [0.15, 0.2) is 12.2 Å². The lowest BCUT2D eigenvalue weighted by atomic mass is 10.0. The summed E-state index contributed by atoms with van der Waals surface area (Å²) in [5.41, 5.74) is 1.35. The molecule has 0 aromatic carbocycles. The van der Waals surface area contributed by atoms with Gasteiger partial charge in [0.1, 0.15) is 0 Å². The predicted octanol–water partition coefficient (Wildman–Crippen LogP) is 3.78. The van der Waals surface area contributed by atoms with E-state index in [1.807, 2.05) is 4.90 Å². The van der Waals surface area contributed by atoms with Gasteiger partial charge in [0.25, 0.3) is 0 Å². The van der Waals surface area contributed by atoms with E-state index in [4.69, 9.17) is 0 Å². The summed E-state index contributed by atoms with van der Waals surface area (Å²) in [6, 6.07) is 0. The maximum Gasteiger partial charge on any atom is 0.222 e. The van der Waals surface area contributed by atoms with Gasteiger partial charge in [-0.3, -0.25) is 4.79 Å². The molecule has 1 aliphatic heterocycles. The van der Waals surface area contributed by atoms with E-state index in [-0.39, 0.29) is 4.08 Å². The first-order chi connectivity index (χ1) is 9.11. The topological polar surface area (TPSA) is 20.3 Å². The van der Waals surface area contributed by atoms with Crippen molar-refractivity contribution in [3.05, 3.63) is 12.2 Å². The van der Waals surface area contributed by atoms with Crippen molar-refractivity contribution in [1.82, 2.24) is 4.90 Å². The van der Waals surface area contributed by atoms with E-state index in [2.05, 4.69) is 44.0 Å². The van der Waals surface area contributed by atoms with Crippen LogP contribution in [-0.2, 0) is 4.79 Å². The Morgan fingerprint density at radius 3 is 2.58 bits per heavy atom. The smallest absolute Gasteiger partial charge is 0.222 e. The first-order valence-corrected chi connectivity index (χ1v) is 9.30. The van der Waals surface area contributed by atoms with Crippen molar-refractivity contribution in [3.8, 4) is 0 Å². The van der Waals surface area contributed by atoms with Crippen molar-refractivity contribution in [2.75, 3.05) is 24.6 Å². The van der Waals surface area contributed by atoms with E-state index in [0.29, 0.717) is 18.2 Å². The summed E-state index contributed by atoms with van der Waals surface area (Å²) in [7, 11) is 0. The van der Waals surface area contributed by atoms with Crippen molar-refractivity contribution >= 4 is 29.4 Å². The fourth-order valence-corrected chi connectivity index (χ4v) is 6.84. The molecule has 108 valence electrons. The quantitative estimate of drug-likeness (QED) is 0.737. The van der Waals surface area contributed by atoms with Crippen molar-refractivity contribution in [1.29, 1.82) is 0 Å². The summed E-state index contributed by atoms with van der Waals surface area (Å²) < 4.78 is 0.262. The summed E-state index contributed by atoms with van der Waals surface area (Å²) >= 11 is 4.17. The standard InChI is InChI=1S/C15H25NOS2/c1-4-16(5-2)14(17)10-13-9-12(3)11-15(13)18-7-6-8-19-15/h13H,3-11H2,1-2H3. The molecule has 1 atom stereocenters. The van der Waals surface area contributed by atoms with E-state index in [0.717, 1.165) is 25.9 Å². The second-order valence-corrected chi connectivity index (χ2v) is 8.57. The fraction of sp³-hybridized carbons (Fsp3) is 0.800. The largest absolute Gasteiger partial charge is 0.343 e. The third kappa shape index (κ3) is 3.33. The zero-order valence-corrected chi connectivity index (χ0v) is 13.7. The number of hydrogen-bond donors (Lipinski definition) is 0. The highest BCUT2D eigenvalue weighted by atomic mass is 32.2. The SMILES string of the molecule is C=C1CC(CC(=O)N(CC)CC)C2(C1)SCCCS2. The minimum absolute atomic E-state index is 0.262. The number of hydrogen-bond acceptors (Lipinski definition) is 3. The summed E-state index contributed by atoms with van der Waals surface area (Å²) in [6.07, 6.45) is 4.17. The Balaban J connectivity index is 2.05. The van der Waals surface area contributed by atoms with Crippen molar-refractivity contribution in [3.63, 3.8) is 0 Å². The van der Waals surface area contributed by atoms with Crippen molar-refractivity contribution in [2.24, 2.45) is 5.92 Å². The molecule has 1 saturated carbocycles. The van der Waals surface area contributed by atoms with E-state index in [1.165, 1.54) is 23.5 Å². The van der Waals surface area contributed by atoms with Gasteiger partial charge in [0, 0.05) is 19.5 Å². The zero-order valence-electron chi connectivity index (χ0n) is 12.1. The zero-order chi connectivity index (χ0) is 13.9. The predicted molar refractivity (Wildman–Crippen MR) is 86.7 cm³/mol. The van der Waals surface area contributed by atoms with E-state index in [1.54, 1.807) is 0 Å². The molecule has 2 fully saturated rings. The maximum absolute atomic E-state index is 12.4. The van der Waals surface area contributed by atoms with E-state index < -0.39 is 0 Å². The number of carbonyl (C=O) groups excluding carboxylic acids is 1. The van der Waals surface area contributed by atoms with Crippen LogP contribution in [0.3, 0.4) is 0 Å². The van der Waals surface area contributed by atoms with Gasteiger partial charge in [-0.1, -0.05) is 12.2 Å². The number of amides is 1. The molecule has 0 aromatic heterocycles. The molecule has 2 rings (SSSR count). The van der Waals surface area contributed by atoms with Crippen LogP contribution in [0, 0.1) is 5.92 Å². The van der Waals surface area contributed by atoms with Gasteiger partial charge in [0.15, 0.2) is 0 Å². The Labute approximate surface area is 125 Å². The Morgan fingerprint density at radius 2 is 2.00 bits per heavy atom. The second kappa shape index (κ2) is 6.57. The lowest BCUT2D eigenvalue weighted by Crippen LogP contribution is -2.36. The lowest BCUT2D eigenvalue weighted by Gasteiger charge is -2.37. The number of rotatable bonds is 4. The molecule has 0 N–H and O–H groups in total. The number of carbonyl (C=O) groups is 1. The van der Waals surface area contributed by atoms with Crippen LogP contribution in [0.5, 0.6) is 0 Å². The highest BCUT2D eigenvalue weighted by molar-refractivity contribution is 8.18. The van der Waals surface area contributed by atoms with Crippen LogP contribution in [0.25, 0.3) is 0 Å².